The second-order valence-corrected chi connectivity index (χ2v) is 3.70. The van der Waals surface area contributed by atoms with E-state index < -0.39 is 6.10 Å². The van der Waals surface area contributed by atoms with Gasteiger partial charge >= 0.3 is 0 Å². The summed E-state index contributed by atoms with van der Waals surface area (Å²) in [5, 5.41) is 13.4. The monoisotopic (exact) mass is 229 g/mol. The van der Waals surface area contributed by atoms with E-state index in [1.165, 1.54) is 0 Å². The SMILES string of the molecule is CNCCC(O)c1ccc(OC)cc1Cl. The van der Waals surface area contributed by atoms with Crippen molar-refractivity contribution in [1.82, 2.24) is 5.32 Å². The number of benzene rings is 1. The molecule has 0 aliphatic heterocycles. The zero-order chi connectivity index (χ0) is 11.3. The Bertz CT molecular complexity index is 317. The van der Waals surface area contributed by atoms with Crippen molar-refractivity contribution in [2.75, 3.05) is 20.7 Å². The van der Waals surface area contributed by atoms with Gasteiger partial charge in [0.25, 0.3) is 0 Å². The van der Waals surface area contributed by atoms with Gasteiger partial charge in [-0.05, 0) is 37.7 Å². The lowest BCUT2D eigenvalue weighted by Crippen LogP contribution is -2.12. The fourth-order valence-electron chi connectivity index (χ4n) is 1.34. The maximum Gasteiger partial charge on any atom is 0.120 e. The van der Waals surface area contributed by atoms with E-state index >= 15 is 0 Å². The van der Waals surface area contributed by atoms with Crippen molar-refractivity contribution in [2.45, 2.75) is 12.5 Å². The van der Waals surface area contributed by atoms with E-state index in [1.54, 1.807) is 25.3 Å². The van der Waals surface area contributed by atoms with Gasteiger partial charge in [0.1, 0.15) is 5.75 Å². The van der Waals surface area contributed by atoms with Crippen LogP contribution in [0.2, 0.25) is 5.02 Å². The molecule has 15 heavy (non-hydrogen) atoms. The molecule has 3 nitrogen and oxygen atoms in total. The minimum absolute atomic E-state index is 0.532. The van der Waals surface area contributed by atoms with Crippen molar-refractivity contribution < 1.29 is 9.84 Å². The van der Waals surface area contributed by atoms with Crippen LogP contribution in [-0.2, 0) is 0 Å². The summed E-state index contributed by atoms with van der Waals surface area (Å²) in [5.74, 6) is 0.699. The summed E-state index contributed by atoms with van der Waals surface area (Å²) < 4.78 is 5.03. The number of hydrogen-bond donors (Lipinski definition) is 2. The number of nitrogens with one attached hydrogen (secondary N) is 1. The third kappa shape index (κ3) is 3.38. The predicted molar refractivity (Wildman–Crippen MR) is 61.5 cm³/mol. The summed E-state index contributed by atoms with van der Waals surface area (Å²) in [7, 11) is 3.44. The van der Waals surface area contributed by atoms with Crippen molar-refractivity contribution in [3.8, 4) is 5.75 Å². The highest BCUT2D eigenvalue weighted by atomic mass is 35.5. The molecule has 0 radical (unpaired) electrons. The highest BCUT2D eigenvalue weighted by Gasteiger charge is 2.11. The Labute approximate surface area is 95.0 Å². The van der Waals surface area contributed by atoms with Crippen LogP contribution < -0.4 is 10.1 Å². The summed E-state index contributed by atoms with van der Waals surface area (Å²) in [5.41, 5.74) is 0.743. The number of aliphatic hydroxyl groups excluding tert-OH is 1. The largest absolute Gasteiger partial charge is 0.497 e. The molecule has 1 unspecified atom stereocenters. The number of halogens is 1. The lowest BCUT2D eigenvalue weighted by molar-refractivity contribution is 0.168. The number of rotatable bonds is 5. The van der Waals surface area contributed by atoms with Gasteiger partial charge < -0.3 is 15.2 Å². The van der Waals surface area contributed by atoms with Crippen LogP contribution in [0.5, 0.6) is 5.75 Å². The molecule has 1 atom stereocenters. The van der Waals surface area contributed by atoms with Gasteiger partial charge in [0.15, 0.2) is 0 Å². The lowest BCUT2D eigenvalue weighted by Gasteiger charge is -2.13. The Hall–Kier alpha value is -0.770. The third-order valence-electron chi connectivity index (χ3n) is 2.23. The topological polar surface area (TPSA) is 41.5 Å². The molecule has 0 aliphatic carbocycles. The van der Waals surface area contributed by atoms with E-state index in [0.29, 0.717) is 17.2 Å². The highest BCUT2D eigenvalue weighted by molar-refractivity contribution is 6.31. The maximum atomic E-state index is 9.83. The molecule has 84 valence electrons. The number of hydrogen-bond acceptors (Lipinski definition) is 3. The van der Waals surface area contributed by atoms with Gasteiger partial charge in [0.2, 0.25) is 0 Å². The first-order valence-corrected chi connectivity index (χ1v) is 5.23. The normalized spacial score (nSPS) is 12.5. The highest BCUT2D eigenvalue weighted by Crippen LogP contribution is 2.28. The zero-order valence-electron chi connectivity index (χ0n) is 8.96. The quantitative estimate of drug-likeness (QED) is 0.812. The van der Waals surface area contributed by atoms with Crippen LogP contribution in [0.15, 0.2) is 18.2 Å². The molecule has 0 bridgehead atoms. The lowest BCUT2D eigenvalue weighted by atomic mass is 10.1. The van der Waals surface area contributed by atoms with Crippen LogP contribution in [-0.4, -0.2) is 25.8 Å². The predicted octanol–water partition coefficient (Wildman–Crippen LogP) is 1.99. The first kappa shape index (κ1) is 12.3. The Kier molecular flexibility index (Phi) is 4.88. The van der Waals surface area contributed by atoms with Crippen LogP contribution in [0.4, 0.5) is 0 Å². The molecule has 0 saturated heterocycles. The average molecular weight is 230 g/mol. The van der Waals surface area contributed by atoms with Gasteiger partial charge in [0.05, 0.1) is 18.2 Å². The van der Waals surface area contributed by atoms with E-state index in [2.05, 4.69) is 5.32 Å². The second kappa shape index (κ2) is 5.95. The fourth-order valence-corrected chi connectivity index (χ4v) is 1.64. The van der Waals surface area contributed by atoms with E-state index in [4.69, 9.17) is 16.3 Å². The van der Waals surface area contributed by atoms with Crippen molar-refractivity contribution in [3.63, 3.8) is 0 Å². The van der Waals surface area contributed by atoms with Crippen molar-refractivity contribution in [1.29, 1.82) is 0 Å². The van der Waals surface area contributed by atoms with E-state index in [1.807, 2.05) is 7.05 Å². The standard InChI is InChI=1S/C11H16ClNO2/c1-13-6-5-11(14)9-4-3-8(15-2)7-10(9)12/h3-4,7,11,13-14H,5-6H2,1-2H3. The summed E-state index contributed by atoms with van der Waals surface area (Å²) in [6.45, 7) is 0.753. The van der Waals surface area contributed by atoms with Crippen molar-refractivity contribution in [3.05, 3.63) is 28.8 Å². The van der Waals surface area contributed by atoms with Crippen molar-refractivity contribution >= 4 is 11.6 Å². The van der Waals surface area contributed by atoms with E-state index in [0.717, 1.165) is 12.1 Å². The van der Waals surface area contributed by atoms with Crippen LogP contribution in [0.3, 0.4) is 0 Å². The molecule has 1 rings (SSSR count). The molecule has 1 aromatic carbocycles. The van der Waals surface area contributed by atoms with Gasteiger partial charge in [-0.2, -0.15) is 0 Å². The molecule has 1 aromatic rings. The molecular weight excluding hydrogens is 214 g/mol. The Morgan fingerprint density at radius 1 is 1.53 bits per heavy atom. The van der Waals surface area contributed by atoms with Gasteiger partial charge in [0, 0.05) is 0 Å². The first-order valence-electron chi connectivity index (χ1n) is 4.85. The number of ether oxygens (including phenoxy) is 1. The third-order valence-corrected chi connectivity index (χ3v) is 2.56. The van der Waals surface area contributed by atoms with Crippen molar-refractivity contribution in [2.24, 2.45) is 0 Å². The van der Waals surface area contributed by atoms with Gasteiger partial charge in [-0.15, -0.1) is 0 Å². The molecule has 0 aliphatic rings. The smallest absolute Gasteiger partial charge is 0.120 e. The fraction of sp³-hybridized carbons (Fsp3) is 0.455. The average Bonchev–Trinajstić information content (AvgIpc) is 2.25. The minimum atomic E-state index is -0.532. The number of methoxy groups -OCH3 is 1. The van der Waals surface area contributed by atoms with Gasteiger partial charge in [-0.25, -0.2) is 0 Å². The molecule has 0 spiro atoms. The van der Waals surface area contributed by atoms with E-state index in [-0.39, 0.29) is 0 Å². The molecule has 0 fully saturated rings. The molecular formula is C11H16ClNO2. The summed E-state index contributed by atoms with van der Waals surface area (Å²) >= 11 is 6.02. The molecule has 0 aromatic heterocycles. The first-order chi connectivity index (χ1) is 7.19. The van der Waals surface area contributed by atoms with Crippen LogP contribution >= 0.6 is 11.6 Å². The molecule has 0 heterocycles. The van der Waals surface area contributed by atoms with Crippen LogP contribution in [0, 0.1) is 0 Å². The second-order valence-electron chi connectivity index (χ2n) is 3.30. The van der Waals surface area contributed by atoms with Gasteiger partial charge in [-0.3, -0.25) is 0 Å². The minimum Gasteiger partial charge on any atom is -0.497 e. The van der Waals surface area contributed by atoms with Crippen LogP contribution in [0.1, 0.15) is 18.1 Å². The van der Waals surface area contributed by atoms with E-state index in [9.17, 15) is 5.11 Å². The summed E-state index contributed by atoms with van der Waals surface area (Å²) in [6.07, 6.45) is 0.110. The summed E-state index contributed by atoms with van der Waals surface area (Å²) in [6, 6.07) is 5.30. The molecule has 0 amide bonds. The Balaban J connectivity index is 2.76. The van der Waals surface area contributed by atoms with Gasteiger partial charge in [-0.1, -0.05) is 17.7 Å². The summed E-state index contributed by atoms with van der Waals surface area (Å²) in [4.78, 5) is 0. The Morgan fingerprint density at radius 2 is 2.27 bits per heavy atom. The Morgan fingerprint density at radius 3 is 2.80 bits per heavy atom. The molecule has 0 saturated carbocycles. The maximum absolute atomic E-state index is 9.83. The zero-order valence-corrected chi connectivity index (χ0v) is 9.71. The number of aliphatic hydroxyl groups is 1. The molecule has 4 heteroatoms. The van der Waals surface area contributed by atoms with Crippen LogP contribution in [0.25, 0.3) is 0 Å². The molecule has 2 N–H and O–H groups in total.